The first-order valence-electron chi connectivity index (χ1n) is 6.97. The van der Waals surface area contributed by atoms with Crippen molar-refractivity contribution in [2.24, 2.45) is 0 Å². The fourth-order valence-corrected chi connectivity index (χ4v) is 2.52. The van der Waals surface area contributed by atoms with Crippen molar-refractivity contribution in [3.8, 4) is 5.75 Å². The number of anilines is 1. The fraction of sp³-hybridized carbons (Fsp3) is 0.571. The fourth-order valence-electron chi connectivity index (χ4n) is 2.52. The molecule has 0 aliphatic carbocycles. The zero-order chi connectivity index (χ0) is 14.5. The predicted molar refractivity (Wildman–Crippen MR) is 78.4 cm³/mol. The molecule has 1 aliphatic rings. The molecule has 0 aromatic heterocycles. The molecule has 0 saturated carbocycles. The van der Waals surface area contributed by atoms with Crippen molar-refractivity contribution in [3.63, 3.8) is 0 Å². The normalized spacial score (nSPS) is 19.0. The van der Waals surface area contributed by atoms with Crippen molar-refractivity contribution in [1.82, 2.24) is 4.90 Å². The number of likely N-dealkylation sites (N-methyl/N-ethyl adjacent to an activating group) is 1. The molecule has 1 aliphatic heterocycles. The molecule has 1 fully saturated rings. The number of hydrogen-bond acceptors (Lipinski definition) is 5. The smallest absolute Gasteiger partial charge is 0.311 e. The van der Waals surface area contributed by atoms with Crippen molar-refractivity contribution in [2.45, 2.75) is 25.8 Å². The summed E-state index contributed by atoms with van der Waals surface area (Å²) in [7, 11) is 2.13. The number of likely N-dealkylation sites (tertiary alicyclic amines) is 1. The van der Waals surface area contributed by atoms with Gasteiger partial charge in [-0.05, 0) is 39.4 Å². The van der Waals surface area contributed by atoms with Crippen LogP contribution in [-0.4, -0.2) is 42.6 Å². The van der Waals surface area contributed by atoms with Crippen molar-refractivity contribution >= 4 is 11.4 Å². The highest BCUT2D eigenvalue weighted by Gasteiger charge is 2.21. The van der Waals surface area contributed by atoms with Crippen LogP contribution in [0.1, 0.15) is 19.8 Å². The number of nitro groups is 1. The van der Waals surface area contributed by atoms with Gasteiger partial charge in [0.2, 0.25) is 0 Å². The van der Waals surface area contributed by atoms with Crippen LogP contribution in [0.2, 0.25) is 0 Å². The Balaban J connectivity index is 2.04. The summed E-state index contributed by atoms with van der Waals surface area (Å²) in [4.78, 5) is 12.8. The van der Waals surface area contributed by atoms with Crippen molar-refractivity contribution < 1.29 is 9.66 Å². The molecule has 110 valence electrons. The third-order valence-corrected chi connectivity index (χ3v) is 3.67. The first-order chi connectivity index (χ1) is 9.61. The van der Waals surface area contributed by atoms with Crippen LogP contribution < -0.4 is 10.1 Å². The van der Waals surface area contributed by atoms with E-state index in [-0.39, 0.29) is 5.69 Å². The quantitative estimate of drug-likeness (QED) is 0.640. The van der Waals surface area contributed by atoms with E-state index in [2.05, 4.69) is 17.3 Å². The van der Waals surface area contributed by atoms with Gasteiger partial charge >= 0.3 is 5.69 Å². The van der Waals surface area contributed by atoms with E-state index >= 15 is 0 Å². The van der Waals surface area contributed by atoms with E-state index in [9.17, 15) is 10.1 Å². The lowest BCUT2D eigenvalue weighted by atomic mass is 10.2. The molecule has 2 rings (SSSR count). The summed E-state index contributed by atoms with van der Waals surface area (Å²) in [6, 6.07) is 5.46. The molecular formula is C14H21N3O3. The summed E-state index contributed by atoms with van der Waals surface area (Å²) in [6.45, 7) is 4.21. The summed E-state index contributed by atoms with van der Waals surface area (Å²) in [5.74, 6) is 0.322. The van der Waals surface area contributed by atoms with Gasteiger partial charge in [-0.1, -0.05) is 0 Å². The van der Waals surface area contributed by atoms with E-state index in [1.807, 2.05) is 6.92 Å². The maximum absolute atomic E-state index is 10.9. The lowest BCUT2D eigenvalue weighted by Gasteiger charge is -2.20. The largest absolute Gasteiger partial charge is 0.487 e. The van der Waals surface area contributed by atoms with Gasteiger partial charge < -0.3 is 15.0 Å². The number of nitrogens with one attached hydrogen (secondary N) is 1. The summed E-state index contributed by atoms with van der Waals surface area (Å²) in [5, 5.41) is 14.3. The highest BCUT2D eigenvalue weighted by atomic mass is 16.6. The van der Waals surface area contributed by atoms with Crippen LogP contribution in [0.15, 0.2) is 18.2 Å². The third-order valence-electron chi connectivity index (χ3n) is 3.67. The van der Waals surface area contributed by atoms with Gasteiger partial charge in [0.15, 0.2) is 5.75 Å². The Morgan fingerprint density at radius 2 is 2.35 bits per heavy atom. The molecular weight excluding hydrogens is 258 g/mol. The maximum atomic E-state index is 10.9. The minimum Gasteiger partial charge on any atom is -0.487 e. The predicted octanol–water partition coefficient (Wildman–Crippen LogP) is 2.50. The van der Waals surface area contributed by atoms with Crippen LogP contribution in [0.4, 0.5) is 11.4 Å². The molecule has 6 nitrogen and oxygen atoms in total. The first kappa shape index (κ1) is 14.6. The summed E-state index contributed by atoms with van der Waals surface area (Å²) in [6.07, 6.45) is 2.42. The van der Waals surface area contributed by atoms with E-state index in [0.717, 1.165) is 18.8 Å². The van der Waals surface area contributed by atoms with E-state index in [1.54, 1.807) is 12.1 Å². The van der Waals surface area contributed by atoms with Gasteiger partial charge in [-0.25, -0.2) is 0 Å². The second-order valence-corrected chi connectivity index (χ2v) is 5.03. The van der Waals surface area contributed by atoms with Gasteiger partial charge in [-0.2, -0.15) is 0 Å². The van der Waals surface area contributed by atoms with E-state index in [0.29, 0.717) is 18.4 Å². The van der Waals surface area contributed by atoms with Crippen molar-refractivity contribution in [1.29, 1.82) is 0 Å². The van der Waals surface area contributed by atoms with E-state index in [4.69, 9.17) is 4.74 Å². The Morgan fingerprint density at radius 3 is 2.95 bits per heavy atom. The van der Waals surface area contributed by atoms with Gasteiger partial charge in [0.1, 0.15) is 0 Å². The topological polar surface area (TPSA) is 67.6 Å². The SMILES string of the molecule is CCOc1cc(NCC2CCCN2C)ccc1[N+](=O)[O-]. The molecule has 6 heteroatoms. The zero-order valence-electron chi connectivity index (χ0n) is 12.0. The average Bonchev–Trinajstić information content (AvgIpc) is 2.82. The molecule has 0 bridgehead atoms. The molecule has 1 N–H and O–H groups in total. The highest BCUT2D eigenvalue weighted by molar-refractivity contribution is 5.58. The van der Waals surface area contributed by atoms with Gasteiger partial charge in [-0.3, -0.25) is 10.1 Å². The number of ether oxygens (including phenoxy) is 1. The Morgan fingerprint density at radius 1 is 1.55 bits per heavy atom. The van der Waals surface area contributed by atoms with Gasteiger partial charge in [-0.15, -0.1) is 0 Å². The molecule has 1 aromatic carbocycles. The molecule has 1 unspecified atom stereocenters. The lowest BCUT2D eigenvalue weighted by Crippen LogP contribution is -2.31. The first-order valence-corrected chi connectivity index (χ1v) is 6.97. The van der Waals surface area contributed by atoms with Gasteiger partial charge in [0.05, 0.1) is 11.5 Å². The molecule has 0 radical (unpaired) electrons. The molecule has 1 atom stereocenters. The minimum atomic E-state index is -0.417. The average molecular weight is 279 g/mol. The zero-order valence-corrected chi connectivity index (χ0v) is 12.0. The molecule has 1 heterocycles. The molecule has 1 aromatic rings. The van der Waals surface area contributed by atoms with Crippen LogP contribution in [0.5, 0.6) is 5.75 Å². The molecule has 1 saturated heterocycles. The number of nitrogens with zero attached hydrogens (tertiary/aromatic N) is 2. The monoisotopic (exact) mass is 279 g/mol. The second-order valence-electron chi connectivity index (χ2n) is 5.03. The minimum absolute atomic E-state index is 0.00962. The summed E-state index contributed by atoms with van der Waals surface area (Å²) < 4.78 is 5.34. The van der Waals surface area contributed by atoms with E-state index in [1.165, 1.54) is 18.9 Å². The van der Waals surface area contributed by atoms with E-state index < -0.39 is 4.92 Å². The second kappa shape index (κ2) is 6.56. The van der Waals surface area contributed by atoms with Crippen molar-refractivity contribution in [3.05, 3.63) is 28.3 Å². The lowest BCUT2D eigenvalue weighted by molar-refractivity contribution is -0.385. The summed E-state index contributed by atoms with van der Waals surface area (Å²) >= 11 is 0. The third kappa shape index (κ3) is 3.39. The number of hydrogen-bond donors (Lipinski definition) is 1. The molecule has 0 spiro atoms. The molecule has 0 amide bonds. The number of nitro benzene ring substituents is 1. The number of rotatable bonds is 6. The van der Waals surface area contributed by atoms with Crippen LogP contribution >= 0.6 is 0 Å². The Kier molecular flexibility index (Phi) is 4.79. The van der Waals surface area contributed by atoms with Crippen LogP contribution in [0.3, 0.4) is 0 Å². The van der Waals surface area contributed by atoms with Gasteiger partial charge in [0.25, 0.3) is 0 Å². The maximum Gasteiger partial charge on any atom is 0.311 e. The Bertz CT molecular complexity index is 479. The summed E-state index contributed by atoms with van der Waals surface area (Å²) in [5.41, 5.74) is 0.870. The molecule has 20 heavy (non-hydrogen) atoms. The Labute approximate surface area is 118 Å². The van der Waals surface area contributed by atoms with Gasteiger partial charge in [0, 0.05) is 30.4 Å². The van der Waals surface area contributed by atoms with Crippen LogP contribution in [0.25, 0.3) is 0 Å². The Hall–Kier alpha value is -1.82. The standard InChI is InChI=1S/C14H21N3O3/c1-3-20-14-9-11(6-7-13(14)17(18)19)15-10-12-5-4-8-16(12)2/h6-7,9,12,15H,3-5,8,10H2,1-2H3. The van der Waals surface area contributed by atoms with Crippen LogP contribution in [-0.2, 0) is 0 Å². The van der Waals surface area contributed by atoms with Crippen molar-refractivity contribution in [2.75, 3.05) is 32.1 Å². The number of benzene rings is 1. The van der Waals surface area contributed by atoms with Crippen LogP contribution in [0, 0.1) is 10.1 Å². The highest BCUT2D eigenvalue weighted by Crippen LogP contribution is 2.30.